The van der Waals surface area contributed by atoms with E-state index in [1.54, 1.807) is 31.2 Å². The van der Waals surface area contributed by atoms with Crippen molar-refractivity contribution in [1.29, 1.82) is 0 Å². The highest BCUT2D eigenvalue weighted by Gasteiger charge is 2.33. The number of hydrogen-bond donors (Lipinski definition) is 1. The Kier molecular flexibility index (Phi) is 5.35. The van der Waals surface area contributed by atoms with Gasteiger partial charge >= 0.3 is 0 Å². The maximum absolute atomic E-state index is 14.0. The van der Waals surface area contributed by atoms with Gasteiger partial charge in [-0.1, -0.05) is 18.2 Å². The Morgan fingerprint density at radius 1 is 1.11 bits per heavy atom. The number of nitrogens with zero attached hydrogens (tertiary/aromatic N) is 1. The summed E-state index contributed by atoms with van der Waals surface area (Å²) in [6, 6.07) is 10.6. The molecule has 0 amide bonds. The molecule has 1 aliphatic rings. The number of allylic oxidation sites excluding steroid dienone is 2. The average Bonchev–Trinajstić information content (AvgIpc) is 2.61. The summed E-state index contributed by atoms with van der Waals surface area (Å²) in [4.78, 5) is 17.0. The van der Waals surface area contributed by atoms with Crippen molar-refractivity contribution in [3.8, 4) is 5.75 Å². The third-order valence-corrected chi connectivity index (χ3v) is 4.58. The van der Waals surface area contributed by atoms with Crippen LogP contribution in [0, 0.1) is 11.6 Å². The maximum Gasteiger partial charge on any atom is 0.168 e. The summed E-state index contributed by atoms with van der Waals surface area (Å²) in [6.07, 6.45) is -0.131. The molecule has 3 rings (SSSR count). The van der Waals surface area contributed by atoms with E-state index in [1.165, 1.54) is 13.2 Å². The van der Waals surface area contributed by atoms with Gasteiger partial charge in [0, 0.05) is 24.3 Å². The molecule has 1 N–H and O–H groups in total. The molecule has 1 unspecified atom stereocenters. The Balaban J connectivity index is 1.95. The fourth-order valence-electron chi connectivity index (χ4n) is 3.37. The smallest absolute Gasteiger partial charge is 0.168 e. The van der Waals surface area contributed by atoms with Gasteiger partial charge < -0.3 is 9.84 Å². The number of halogens is 2. The van der Waals surface area contributed by atoms with Gasteiger partial charge in [0.25, 0.3) is 0 Å². The summed E-state index contributed by atoms with van der Waals surface area (Å²) in [5, 5.41) is 10.4. The molecule has 0 fully saturated rings. The Hall–Kier alpha value is -3.02. The first-order valence-electron chi connectivity index (χ1n) is 8.50. The van der Waals surface area contributed by atoms with Gasteiger partial charge in [-0.25, -0.2) is 13.8 Å². The monoisotopic (exact) mass is 371 g/mol. The minimum Gasteiger partial charge on any atom is -0.511 e. The maximum atomic E-state index is 14.0. The van der Waals surface area contributed by atoms with Crippen molar-refractivity contribution in [3.05, 3.63) is 71.0 Å². The van der Waals surface area contributed by atoms with Gasteiger partial charge in [0.1, 0.15) is 28.8 Å². The topological polar surface area (TPSA) is 58.9 Å². The molecule has 1 aliphatic carbocycles. The third kappa shape index (κ3) is 3.74. The van der Waals surface area contributed by atoms with Crippen LogP contribution in [0.5, 0.6) is 5.75 Å². The molecule has 0 saturated carbocycles. The number of methoxy groups -OCH3 is 1. The Morgan fingerprint density at radius 2 is 1.78 bits per heavy atom. The van der Waals surface area contributed by atoms with Crippen LogP contribution in [-0.4, -0.2) is 23.7 Å². The lowest BCUT2D eigenvalue weighted by Gasteiger charge is -2.24. The van der Waals surface area contributed by atoms with Gasteiger partial charge in [0.15, 0.2) is 5.78 Å². The van der Waals surface area contributed by atoms with Gasteiger partial charge in [0.2, 0.25) is 0 Å². The van der Waals surface area contributed by atoms with Crippen LogP contribution < -0.4 is 4.74 Å². The van der Waals surface area contributed by atoms with Gasteiger partial charge in [-0.15, -0.1) is 0 Å². The van der Waals surface area contributed by atoms with Crippen LogP contribution >= 0.6 is 0 Å². The normalized spacial score (nSPS) is 18.0. The average molecular weight is 371 g/mol. The van der Waals surface area contributed by atoms with E-state index in [9.17, 15) is 18.7 Å². The predicted molar refractivity (Wildman–Crippen MR) is 98.8 cm³/mol. The lowest BCUT2D eigenvalue weighted by Crippen LogP contribution is -2.23. The van der Waals surface area contributed by atoms with Crippen molar-refractivity contribution < 1.29 is 23.4 Å². The van der Waals surface area contributed by atoms with Gasteiger partial charge in [0.05, 0.1) is 18.4 Å². The first kappa shape index (κ1) is 18.8. The lowest BCUT2D eigenvalue weighted by molar-refractivity contribution is -0.116. The predicted octanol–water partition coefficient (Wildman–Crippen LogP) is 5.02. The molecule has 0 bridgehead atoms. The molecule has 2 aromatic rings. The summed E-state index contributed by atoms with van der Waals surface area (Å²) in [5.74, 6) is -2.27. The van der Waals surface area contributed by atoms with Crippen molar-refractivity contribution >= 4 is 17.2 Å². The number of carbonyl (C=O) groups excluding carboxylic acids is 1. The fourth-order valence-corrected chi connectivity index (χ4v) is 3.37. The molecular formula is C21H19F2NO3. The molecule has 6 heteroatoms. The molecule has 0 aliphatic heterocycles. The molecule has 0 saturated heterocycles. The van der Waals surface area contributed by atoms with Crippen LogP contribution in [0.15, 0.2) is 58.8 Å². The zero-order valence-electron chi connectivity index (χ0n) is 15.0. The first-order valence-corrected chi connectivity index (χ1v) is 8.50. The lowest BCUT2D eigenvalue weighted by atomic mass is 9.81. The molecule has 0 heterocycles. The van der Waals surface area contributed by atoms with Crippen LogP contribution in [0.2, 0.25) is 0 Å². The van der Waals surface area contributed by atoms with E-state index in [2.05, 4.69) is 4.99 Å². The minimum atomic E-state index is -0.749. The fraction of sp³-hybridized carbons (Fsp3) is 0.238. The molecule has 4 nitrogen and oxygen atoms in total. The molecule has 1 atom stereocenters. The van der Waals surface area contributed by atoms with E-state index >= 15 is 0 Å². The van der Waals surface area contributed by atoms with E-state index < -0.39 is 23.3 Å². The first-order chi connectivity index (χ1) is 12.9. The Bertz CT molecular complexity index is 930. The van der Waals surface area contributed by atoms with Crippen molar-refractivity contribution in [3.63, 3.8) is 0 Å². The number of Topliss-reactive ketones (excluding diaryl/α,β-unsaturated/α-hetero) is 1. The number of ether oxygens (including phenoxy) is 1. The third-order valence-electron chi connectivity index (χ3n) is 4.58. The molecule has 0 radical (unpaired) electrons. The summed E-state index contributed by atoms with van der Waals surface area (Å²) in [5.41, 5.74) is 0.770. The van der Waals surface area contributed by atoms with Gasteiger partial charge in [-0.3, -0.25) is 4.79 Å². The molecule has 0 aromatic heterocycles. The second-order valence-electron chi connectivity index (χ2n) is 6.35. The highest BCUT2D eigenvalue weighted by molar-refractivity contribution is 6.23. The SMILES string of the molecule is COc1ccccc1N=C(C)C1=C(O)CC(c2c(F)cccc2F)CC1=O. The number of hydrogen-bond acceptors (Lipinski definition) is 4. The van der Waals surface area contributed by atoms with Crippen LogP contribution in [0.3, 0.4) is 0 Å². The van der Waals surface area contributed by atoms with E-state index in [0.29, 0.717) is 17.1 Å². The van der Waals surface area contributed by atoms with E-state index in [0.717, 1.165) is 12.1 Å². The summed E-state index contributed by atoms with van der Waals surface area (Å²) < 4.78 is 33.3. The minimum absolute atomic E-state index is 0.0300. The van der Waals surface area contributed by atoms with Crippen molar-refractivity contribution in [2.75, 3.05) is 7.11 Å². The van der Waals surface area contributed by atoms with E-state index in [1.807, 2.05) is 0 Å². The van der Waals surface area contributed by atoms with Crippen molar-refractivity contribution in [2.24, 2.45) is 4.99 Å². The van der Waals surface area contributed by atoms with E-state index in [4.69, 9.17) is 4.74 Å². The summed E-state index contributed by atoms with van der Waals surface area (Å²) in [6.45, 7) is 1.61. The molecule has 2 aromatic carbocycles. The standard InChI is InChI=1S/C21H19F2NO3/c1-12(24-16-8-3-4-9-19(16)27-2)20-17(25)10-13(11-18(20)26)21-14(22)6-5-7-15(21)23/h3-9,13,25H,10-11H2,1-2H3. The number of aliphatic hydroxyl groups excluding tert-OH is 1. The quantitative estimate of drug-likeness (QED) is 0.768. The zero-order valence-corrected chi connectivity index (χ0v) is 15.0. The van der Waals surface area contributed by atoms with Crippen molar-refractivity contribution in [2.45, 2.75) is 25.7 Å². The Morgan fingerprint density at radius 3 is 2.41 bits per heavy atom. The summed E-state index contributed by atoms with van der Waals surface area (Å²) >= 11 is 0. The van der Waals surface area contributed by atoms with Crippen LogP contribution in [0.25, 0.3) is 0 Å². The van der Waals surface area contributed by atoms with Crippen molar-refractivity contribution in [1.82, 2.24) is 0 Å². The van der Waals surface area contributed by atoms with Crippen LogP contribution in [0.4, 0.5) is 14.5 Å². The number of benzene rings is 2. The zero-order chi connectivity index (χ0) is 19.6. The second kappa shape index (κ2) is 7.70. The molecule has 27 heavy (non-hydrogen) atoms. The highest BCUT2D eigenvalue weighted by Crippen LogP contribution is 2.37. The number of aliphatic hydroxyl groups is 1. The molecular weight excluding hydrogens is 352 g/mol. The Labute approximate surface area is 155 Å². The number of aliphatic imine (C=N–C) groups is 1. The van der Waals surface area contributed by atoms with Crippen LogP contribution in [-0.2, 0) is 4.79 Å². The van der Waals surface area contributed by atoms with Crippen LogP contribution in [0.1, 0.15) is 31.2 Å². The second-order valence-corrected chi connectivity index (χ2v) is 6.35. The summed E-state index contributed by atoms with van der Waals surface area (Å²) in [7, 11) is 1.51. The number of para-hydroxylation sites is 2. The molecule has 140 valence electrons. The number of ketones is 1. The largest absolute Gasteiger partial charge is 0.511 e. The highest BCUT2D eigenvalue weighted by atomic mass is 19.1. The van der Waals surface area contributed by atoms with E-state index in [-0.39, 0.29) is 29.7 Å². The van der Waals surface area contributed by atoms with Gasteiger partial charge in [-0.2, -0.15) is 0 Å². The number of rotatable bonds is 4. The number of carbonyl (C=O) groups is 1. The van der Waals surface area contributed by atoms with Gasteiger partial charge in [-0.05, 0) is 31.2 Å². The molecule has 0 spiro atoms.